The molecule has 4 nitrogen and oxygen atoms in total. The summed E-state index contributed by atoms with van der Waals surface area (Å²) in [6.45, 7) is 4.63. The van der Waals surface area contributed by atoms with Crippen molar-refractivity contribution in [2.24, 2.45) is 5.73 Å². The highest BCUT2D eigenvalue weighted by molar-refractivity contribution is 8.00. The summed E-state index contributed by atoms with van der Waals surface area (Å²) in [6.07, 6.45) is 3.53. The summed E-state index contributed by atoms with van der Waals surface area (Å²) in [5, 5.41) is 0.396. The molecule has 1 atom stereocenters. The van der Waals surface area contributed by atoms with Crippen LogP contribution in [-0.4, -0.2) is 26.0 Å². The highest BCUT2D eigenvalue weighted by Gasteiger charge is 2.21. The molecule has 1 aliphatic rings. The Morgan fingerprint density at radius 2 is 2.10 bits per heavy atom. The van der Waals surface area contributed by atoms with E-state index in [-0.39, 0.29) is 0 Å². The van der Waals surface area contributed by atoms with Gasteiger partial charge in [0.15, 0.2) is 0 Å². The van der Waals surface area contributed by atoms with Crippen molar-refractivity contribution in [1.82, 2.24) is 4.72 Å². The van der Waals surface area contributed by atoms with Crippen LogP contribution in [0.1, 0.15) is 36.0 Å². The van der Waals surface area contributed by atoms with E-state index in [0.717, 1.165) is 28.9 Å². The smallest absolute Gasteiger partial charge is 0.240 e. The lowest BCUT2D eigenvalue weighted by molar-refractivity contribution is 0.573. The van der Waals surface area contributed by atoms with Crippen LogP contribution < -0.4 is 10.5 Å². The second-order valence-corrected chi connectivity index (χ2v) is 8.72. The number of nitrogens with two attached hydrogens (primary N) is 1. The summed E-state index contributed by atoms with van der Waals surface area (Å²) in [6, 6.07) is 3.64. The molecule has 2 rings (SSSR count). The Morgan fingerprint density at radius 3 is 2.71 bits per heavy atom. The molecule has 21 heavy (non-hydrogen) atoms. The first kappa shape index (κ1) is 16.8. The van der Waals surface area contributed by atoms with Crippen molar-refractivity contribution in [3.05, 3.63) is 28.8 Å². The number of thioether (sulfide) groups is 1. The second kappa shape index (κ2) is 7.13. The van der Waals surface area contributed by atoms with Crippen molar-refractivity contribution in [2.75, 3.05) is 12.3 Å². The van der Waals surface area contributed by atoms with Gasteiger partial charge < -0.3 is 5.73 Å². The largest absolute Gasteiger partial charge is 0.326 e. The van der Waals surface area contributed by atoms with Crippen LogP contribution >= 0.6 is 11.8 Å². The van der Waals surface area contributed by atoms with Gasteiger partial charge in [-0.25, -0.2) is 13.1 Å². The van der Waals surface area contributed by atoms with E-state index in [1.165, 1.54) is 12.8 Å². The predicted molar refractivity (Wildman–Crippen MR) is 89.1 cm³/mol. The van der Waals surface area contributed by atoms with Gasteiger partial charge in [0.1, 0.15) is 0 Å². The van der Waals surface area contributed by atoms with Gasteiger partial charge >= 0.3 is 0 Å². The molecule has 1 aliphatic heterocycles. The molecule has 0 aliphatic carbocycles. The van der Waals surface area contributed by atoms with Crippen molar-refractivity contribution in [2.45, 2.75) is 49.8 Å². The van der Waals surface area contributed by atoms with Crippen LogP contribution in [-0.2, 0) is 16.6 Å². The summed E-state index contributed by atoms with van der Waals surface area (Å²) < 4.78 is 27.9. The Hall–Kier alpha value is -0.560. The van der Waals surface area contributed by atoms with Gasteiger partial charge in [0.25, 0.3) is 0 Å². The normalized spacial score (nSPS) is 19.7. The second-order valence-electron chi connectivity index (χ2n) is 5.58. The zero-order valence-corrected chi connectivity index (χ0v) is 14.3. The highest BCUT2D eigenvalue weighted by atomic mass is 32.2. The maximum absolute atomic E-state index is 12.6. The third-order valence-corrected chi connectivity index (χ3v) is 6.93. The molecule has 0 spiro atoms. The molecule has 0 aromatic heterocycles. The van der Waals surface area contributed by atoms with Crippen LogP contribution in [0.15, 0.2) is 17.0 Å². The zero-order chi connectivity index (χ0) is 15.5. The van der Waals surface area contributed by atoms with Gasteiger partial charge in [-0.3, -0.25) is 0 Å². The molecule has 1 saturated heterocycles. The number of nitrogens with one attached hydrogen (secondary N) is 1. The number of sulfonamides is 1. The summed E-state index contributed by atoms with van der Waals surface area (Å²) >= 11 is 1.87. The van der Waals surface area contributed by atoms with Crippen molar-refractivity contribution < 1.29 is 8.42 Å². The van der Waals surface area contributed by atoms with Crippen LogP contribution in [0.4, 0.5) is 0 Å². The molecule has 0 radical (unpaired) electrons. The number of rotatable bonds is 5. The van der Waals surface area contributed by atoms with Crippen molar-refractivity contribution in [1.29, 1.82) is 0 Å². The molecule has 1 aromatic carbocycles. The lowest BCUT2D eigenvalue weighted by atomic mass is 10.1. The number of hydrogen-bond acceptors (Lipinski definition) is 4. The summed E-state index contributed by atoms with van der Waals surface area (Å²) in [5.74, 6) is 1.13. The fourth-order valence-electron chi connectivity index (χ4n) is 2.54. The molecule has 118 valence electrons. The number of aryl methyl sites for hydroxylation is 1. The monoisotopic (exact) mass is 328 g/mol. The predicted octanol–water partition coefficient (Wildman–Crippen LogP) is 2.33. The first-order chi connectivity index (χ1) is 9.94. The molecule has 0 amide bonds. The van der Waals surface area contributed by atoms with Gasteiger partial charge in [-0.2, -0.15) is 11.8 Å². The SMILES string of the molecule is Cc1cc(CN)cc(S(=O)(=O)NCC2CCCCS2)c1C. The Labute approximate surface area is 131 Å². The van der Waals surface area contributed by atoms with E-state index >= 15 is 0 Å². The maximum atomic E-state index is 12.6. The van der Waals surface area contributed by atoms with Gasteiger partial charge in [-0.1, -0.05) is 12.5 Å². The Balaban J connectivity index is 2.16. The molecule has 0 saturated carbocycles. The molecule has 1 aromatic rings. The van der Waals surface area contributed by atoms with E-state index in [0.29, 0.717) is 23.2 Å². The molecule has 3 N–H and O–H groups in total. The Morgan fingerprint density at radius 1 is 1.33 bits per heavy atom. The lowest BCUT2D eigenvalue weighted by Crippen LogP contribution is -2.32. The first-order valence-corrected chi connectivity index (χ1v) is 9.88. The zero-order valence-electron chi connectivity index (χ0n) is 12.7. The van der Waals surface area contributed by atoms with Crippen LogP contribution in [0.25, 0.3) is 0 Å². The number of benzene rings is 1. The van der Waals surface area contributed by atoms with Gasteiger partial charge in [0.2, 0.25) is 10.0 Å². The molecule has 1 unspecified atom stereocenters. The molecule has 1 heterocycles. The van der Waals surface area contributed by atoms with E-state index < -0.39 is 10.0 Å². The van der Waals surface area contributed by atoms with Crippen molar-refractivity contribution >= 4 is 21.8 Å². The molecule has 0 bridgehead atoms. The standard InChI is InChI=1S/C15H24N2O2S2/c1-11-7-13(9-16)8-15(12(11)2)21(18,19)17-10-14-5-3-4-6-20-14/h7-8,14,17H,3-6,9-10,16H2,1-2H3. The van der Waals surface area contributed by atoms with Gasteiger partial charge in [-0.15, -0.1) is 0 Å². The van der Waals surface area contributed by atoms with Crippen LogP contribution in [0.3, 0.4) is 0 Å². The third kappa shape index (κ3) is 4.22. The highest BCUT2D eigenvalue weighted by Crippen LogP contribution is 2.25. The van der Waals surface area contributed by atoms with Gasteiger partial charge in [0, 0.05) is 18.3 Å². The molecular weight excluding hydrogens is 304 g/mol. The van der Waals surface area contributed by atoms with Crippen LogP contribution in [0.2, 0.25) is 0 Å². The fraction of sp³-hybridized carbons (Fsp3) is 0.600. The quantitative estimate of drug-likeness (QED) is 0.870. The first-order valence-electron chi connectivity index (χ1n) is 7.35. The van der Waals surface area contributed by atoms with Crippen LogP contribution in [0.5, 0.6) is 0 Å². The van der Waals surface area contributed by atoms with Crippen molar-refractivity contribution in [3.8, 4) is 0 Å². The maximum Gasteiger partial charge on any atom is 0.240 e. The summed E-state index contributed by atoms with van der Waals surface area (Å²) in [7, 11) is -3.46. The lowest BCUT2D eigenvalue weighted by Gasteiger charge is -2.22. The van der Waals surface area contributed by atoms with E-state index in [4.69, 9.17) is 5.73 Å². The van der Waals surface area contributed by atoms with E-state index in [1.807, 2.05) is 31.7 Å². The van der Waals surface area contributed by atoms with Crippen LogP contribution in [0, 0.1) is 13.8 Å². The third-order valence-electron chi connectivity index (χ3n) is 3.98. The summed E-state index contributed by atoms with van der Waals surface area (Å²) in [4.78, 5) is 0.365. The summed E-state index contributed by atoms with van der Waals surface area (Å²) in [5.41, 5.74) is 8.27. The Kier molecular flexibility index (Phi) is 5.71. The van der Waals surface area contributed by atoms with Crippen molar-refractivity contribution in [3.63, 3.8) is 0 Å². The van der Waals surface area contributed by atoms with Gasteiger partial charge in [0.05, 0.1) is 4.90 Å². The van der Waals surface area contributed by atoms with Gasteiger partial charge in [-0.05, 0) is 55.2 Å². The minimum Gasteiger partial charge on any atom is -0.326 e. The Bertz CT molecular complexity index is 594. The van der Waals surface area contributed by atoms with E-state index in [1.54, 1.807) is 6.07 Å². The minimum atomic E-state index is -3.46. The fourth-order valence-corrected chi connectivity index (χ4v) is 5.34. The van der Waals surface area contributed by atoms with E-state index in [9.17, 15) is 8.42 Å². The molecule has 6 heteroatoms. The average Bonchev–Trinajstić information content (AvgIpc) is 2.48. The molecular formula is C15H24N2O2S2. The topological polar surface area (TPSA) is 72.2 Å². The minimum absolute atomic E-state index is 0.349. The average molecular weight is 329 g/mol. The number of hydrogen-bond donors (Lipinski definition) is 2. The molecule has 1 fully saturated rings. The van der Waals surface area contributed by atoms with E-state index in [2.05, 4.69) is 4.72 Å².